The topological polar surface area (TPSA) is 61.8 Å². The third kappa shape index (κ3) is 2.27. The van der Waals surface area contributed by atoms with Gasteiger partial charge in [-0.3, -0.25) is 0 Å². The number of rotatable bonds is 2. The molecule has 0 aliphatic rings. The molecule has 92 valence electrons. The van der Waals surface area contributed by atoms with Gasteiger partial charge in [-0.2, -0.15) is 10.4 Å². The van der Waals surface area contributed by atoms with Crippen LogP contribution in [0.4, 0.5) is 0 Å². The summed E-state index contributed by atoms with van der Waals surface area (Å²) in [5.41, 5.74) is 2.11. The van der Waals surface area contributed by atoms with Gasteiger partial charge < -0.3 is 5.11 Å². The highest BCUT2D eigenvalue weighted by atomic mass is 16.3. The van der Waals surface area contributed by atoms with Crippen molar-refractivity contribution in [1.82, 2.24) is 9.78 Å². The van der Waals surface area contributed by atoms with E-state index < -0.39 is 5.60 Å². The van der Waals surface area contributed by atoms with E-state index in [9.17, 15) is 5.11 Å². The molecule has 0 amide bonds. The predicted octanol–water partition coefficient (Wildman–Crippen LogP) is 2.28. The molecule has 0 spiro atoms. The summed E-state index contributed by atoms with van der Waals surface area (Å²) in [6.07, 6.45) is 0. The lowest BCUT2D eigenvalue weighted by Gasteiger charge is -2.13. The number of aromatic nitrogens is 2. The molecular formula is C14H15N3O. The molecule has 1 aromatic heterocycles. The molecule has 0 fully saturated rings. The second kappa shape index (κ2) is 4.28. The van der Waals surface area contributed by atoms with Crippen molar-refractivity contribution >= 4 is 0 Å². The lowest BCUT2D eigenvalue weighted by molar-refractivity contribution is 0.0734. The molecule has 18 heavy (non-hydrogen) atoms. The molecule has 0 atom stereocenters. The molecule has 1 N–H and O–H groups in total. The summed E-state index contributed by atoms with van der Waals surface area (Å²) in [5, 5.41) is 23.1. The van der Waals surface area contributed by atoms with Gasteiger partial charge in [0.1, 0.15) is 5.60 Å². The predicted molar refractivity (Wildman–Crippen MR) is 68.3 cm³/mol. The van der Waals surface area contributed by atoms with Crippen LogP contribution in [0.25, 0.3) is 5.69 Å². The number of nitrogens with zero attached hydrogens (tertiary/aromatic N) is 3. The van der Waals surface area contributed by atoms with E-state index in [2.05, 4.69) is 11.2 Å². The first-order valence-corrected chi connectivity index (χ1v) is 5.72. The van der Waals surface area contributed by atoms with Gasteiger partial charge in [0.25, 0.3) is 0 Å². The molecule has 0 saturated heterocycles. The minimum Gasteiger partial charge on any atom is -0.384 e. The molecule has 4 heteroatoms. The van der Waals surface area contributed by atoms with Crippen molar-refractivity contribution in [2.24, 2.45) is 0 Å². The van der Waals surface area contributed by atoms with Crippen molar-refractivity contribution in [2.75, 3.05) is 0 Å². The molecule has 2 rings (SSSR count). The van der Waals surface area contributed by atoms with Crippen molar-refractivity contribution in [3.8, 4) is 11.8 Å². The summed E-state index contributed by atoms with van der Waals surface area (Å²) in [5.74, 6) is 0. The molecule has 2 aromatic rings. The summed E-state index contributed by atoms with van der Waals surface area (Å²) < 4.78 is 1.76. The number of aliphatic hydroxyl groups is 1. The number of aryl methyl sites for hydroxylation is 1. The highest BCUT2D eigenvalue weighted by Crippen LogP contribution is 2.21. The zero-order chi connectivity index (χ0) is 13.3. The minimum absolute atomic E-state index is 0.617. The molecule has 0 bridgehead atoms. The highest BCUT2D eigenvalue weighted by Gasteiger charge is 2.20. The van der Waals surface area contributed by atoms with E-state index >= 15 is 0 Å². The van der Waals surface area contributed by atoms with Crippen LogP contribution in [0.2, 0.25) is 0 Å². The van der Waals surface area contributed by atoms with Gasteiger partial charge in [0.05, 0.1) is 23.0 Å². The van der Waals surface area contributed by atoms with Gasteiger partial charge in [-0.15, -0.1) is 0 Å². The quantitative estimate of drug-likeness (QED) is 0.877. The Morgan fingerprint density at radius 3 is 2.33 bits per heavy atom. The monoisotopic (exact) mass is 241 g/mol. The lowest BCUT2D eigenvalue weighted by Crippen LogP contribution is -2.16. The summed E-state index contributed by atoms with van der Waals surface area (Å²) in [6, 6.07) is 11.1. The fraction of sp³-hybridized carbons (Fsp3) is 0.286. The Hall–Kier alpha value is -2.12. The standard InChI is InChI=1S/C14H15N3O/c1-10-8-13(14(2,3)18)16-17(10)12-6-4-11(9-15)5-7-12/h4-8,18H,1-3H3. The van der Waals surface area contributed by atoms with E-state index in [-0.39, 0.29) is 0 Å². The van der Waals surface area contributed by atoms with Crippen molar-refractivity contribution in [2.45, 2.75) is 26.4 Å². The number of nitriles is 1. The van der Waals surface area contributed by atoms with Crippen LogP contribution in [0.3, 0.4) is 0 Å². The third-order valence-electron chi connectivity index (χ3n) is 2.76. The first-order chi connectivity index (χ1) is 8.41. The molecule has 0 unspecified atom stereocenters. The fourth-order valence-electron chi connectivity index (χ4n) is 1.71. The largest absolute Gasteiger partial charge is 0.384 e. The van der Waals surface area contributed by atoms with Crippen molar-refractivity contribution in [1.29, 1.82) is 5.26 Å². The van der Waals surface area contributed by atoms with E-state index in [1.54, 1.807) is 30.7 Å². The van der Waals surface area contributed by atoms with Gasteiger partial charge in [-0.25, -0.2) is 4.68 Å². The van der Waals surface area contributed by atoms with E-state index in [4.69, 9.17) is 5.26 Å². The third-order valence-corrected chi connectivity index (χ3v) is 2.76. The number of benzene rings is 1. The number of hydrogen-bond donors (Lipinski definition) is 1. The molecule has 0 saturated carbocycles. The average Bonchev–Trinajstić information content (AvgIpc) is 2.71. The van der Waals surface area contributed by atoms with E-state index in [1.807, 2.05) is 25.1 Å². The minimum atomic E-state index is -0.956. The Balaban J connectivity index is 2.45. The molecule has 1 heterocycles. The van der Waals surface area contributed by atoms with Crippen LogP contribution < -0.4 is 0 Å². The molecular weight excluding hydrogens is 226 g/mol. The van der Waals surface area contributed by atoms with Crippen LogP contribution in [0.15, 0.2) is 30.3 Å². The molecule has 0 radical (unpaired) electrons. The Morgan fingerprint density at radius 2 is 1.89 bits per heavy atom. The van der Waals surface area contributed by atoms with Gasteiger partial charge in [-0.1, -0.05) is 0 Å². The first kappa shape index (κ1) is 12.3. The maximum Gasteiger partial charge on any atom is 0.103 e. The second-order valence-electron chi connectivity index (χ2n) is 4.80. The zero-order valence-electron chi connectivity index (χ0n) is 10.7. The smallest absolute Gasteiger partial charge is 0.103 e. The summed E-state index contributed by atoms with van der Waals surface area (Å²) in [6.45, 7) is 5.34. The van der Waals surface area contributed by atoms with Crippen LogP contribution in [0, 0.1) is 18.3 Å². The van der Waals surface area contributed by atoms with Gasteiger partial charge >= 0.3 is 0 Å². The van der Waals surface area contributed by atoms with Crippen LogP contribution in [0.5, 0.6) is 0 Å². The van der Waals surface area contributed by atoms with Gasteiger partial charge in [0, 0.05) is 5.69 Å². The Labute approximate surface area is 106 Å². The molecule has 0 aliphatic heterocycles. The van der Waals surface area contributed by atoms with Crippen molar-refractivity contribution < 1.29 is 5.11 Å². The van der Waals surface area contributed by atoms with Crippen LogP contribution in [0.1, 0.15) is 30.8 Å². The van der Waals surface area contributed by atoms with Crippen LogP contribution in [-0.4, -0.2) is 14.9 Å². The first-order valence-electron chi connectivity index (χ1n) is 5.72. The molecule has 4 nitrogen and oxygen atoms in total. The average molecular weight is 241 g/mol. The second-order valence-corrected chi connectivity index (χ2v) is 4.80. The lowest BCUT2D eigenvalue weighted by atomic mass is 10.1. The van der Waals surface area contributed by atoms with Crippen molar-refractivity contribution in [3.05, 3.63) is 47.3 Å². The Bertz CT molecular complexity index is 597. The summed E-state index contributed by atoms with van der Waals surface area (Å²) in [4.78, 5) is 0. The van der Waals surface area contributed by atoms with Crippen molar-refractivity contribution in [3.63, 3.8) is 0 Å². The normalized spacial score (nSPS) is 11.3. The summed E-state index contributed by atoms with van der Waals surface area (Å²) >= 11 is 0. The van der Waals surface area contributed by atoms with E-state index in [0.717, 1.165) is 11.4 Å². The zero-order valence-corrected chi connectivity index (χ0v) is 10.7. The summed E-state index contributed by atoms with van der Waals surface area (Å²) in [7, 11) is 0. The van der Waals surface area contributed by atoms with Crippen LogP contribution in [-0.2, 0) is 5.60 Å². The van der Waals surface area contributed by atoms with Gasteiger partial charge in [0.2, 0.25) is 0 Å². The Kier molecular flexibility index (Phi) is 2.93. The fourth-order valence-corrected chi connectivity index (χ4v) is 1.71. The van der Waals surface area contributed by atoms with E-state index in [0.29, 0.717) is 11.3 Å². The van der Waals surface area contributed by atoms with Gasteiger partial charge in [0.15, 0.2) is 0 Å². The Morgan fingerprint density at radius 1 is 1.28 bits per heavy atom. The number of hydrogen-bond acceptors (Lipinski definition) is 3. The highest BCUT2D eigenvalue weighted by molar-refractivity contribution is 5.40. The van der Waals surface area contributed by atoms with Gasteiger partial charge in [-0.05, 0) is 51.1 Å². The molecule has 0 aliphatic carbocycles. The SMILES string of the molecule is Cc1cc(C(C)(C)O)nn1-c1ccc(C#N)cc1. The van der Waals surface area contributed by atoms with Crippen LogP contribution >= 0.6 is 0 Å². The molecule has 1 aromatic carbocycles. The maximum absolute atomic E-state index is 9.94. The maximum atomic E-state index is 9.94. The van der Waals surface area contributed by atoms with E-state index in [1.165, 1.54) is 0 Å².